The molecule has 3 aromatic rings. The van der Waals surface area contributed by atoms with E-state index in [0.29, 0.717) is 7.25 Å². The van der Waals surface area contributed by atoms with Crippen LogP contribution in [0, 0.1) is 5.92 Å². The molecule has 200 valence electrons. The second-order valence-corrected chi connectivity index (χ2v) is 20.7. The third-order valence-corrected chi connectivity index (χ3v) is 18.3. The van der Waals surface area contributed by atoms with Gasteiger partial charge in [0.05, 0.1) is 0 Å². The van der Waals surface area contributed by atoms with Crippen LogP contribution in [0.3, 0.4) is 0 Å². The number of benzene rings is 3. The molecule has 3 aliphatic carbocycles. The average molecular weight is 592 g/mol. The van der Waals surface area contributed by atoms with Gasteiger partial charge in [0.15, 0.2) is 0 Å². The molecule has 3 aliphatic rings. The zero-order valence-electron chi connectivity index (χ0n) is 24.7. The van der Waals surface area contributed by atoms with E-state index in [0.717, 1.165) is 5.92 Å². The summed E-state index contributed by atoms with van der Waals surface area (Å²) in [6.07, 6.45) is 15.3. The molecule has 0 atom stereocenters. The van der Waals surface area contributed by atoms with Crippen molar-refractivity contribution in [3.63, 3.8) is 0 Å². The first-order valence-corrected chi connectivity index (χ1v) is 19.1. The van der Waals surface area contributed by atoms with E-state index in [1.54, 1.807) is 16.7 Å². The Morgan fingerprint density at radius 2 is 1.18 bits per heavy atom. The van der Waals surface area contributed by atoms with E-state index in [1.165, 1.54) is 47.9 Å². The molecule has 0 heterocycles. The molecule has 1 saturated carbocycles. The van der Waals surface area contributed by atoms with E-state index in [9.17, 15) is 0 Å². The summed E-state index contributed by atoms with van der Waals surface area (Å²) in [6.45, 7) is 14.2. The minimum atomic E-state index is -2.45. The van der Waals surface area contributed by atoms with Gasteiger partial charge in [0.25, 0.3) is 0 Å². The van der Waals surface area contributed by atoms with Crippen molar-refractivity contribution in [2.75, 3.05) is 0 Å². The predicted molar refractivity (Wildman–Crippen MR) is 166 cm³/mol. The minimum absolute atomic E-state index is 0.138. The third-order valence-electron chi connectivity index (χ3n) is 9.32. The van der Waals surface area contributed by atoms with Crippen molar-refractivity contribution in [2.45, 2.75) is 85.3 Å². The molecule has 0 radical (unpaired) electrons. The predicted octanol–water partition coefficient (Wildman–Crippen LogP) is 10.3. The van der Waals surface area contributed by atoms with Gasteiger partial charge in [-0.3, -0.25) is 0 Å². The zero-order valence-corrected chi connectivity index (χ0v) is 27.2. The zero-order chi connectivity index (χ0) is 27.4. The number of hydrogen-bond acceptors (Lipinski definition) is 0. The van der Waals surface area contributed by atoms with E-state index < -0.39 is 21.3 Å². The molecule has 0 aromatic heterocycles. The van der Waals surface area contributed by atoms with Crippen LogP contribution in [0.25, 0.3) is 11.1 Å². The van der Waals surface area contributed by atoms with Crippen molar-refractivity contribution in [3.05, 3.63) is 119 Å². The maximum absolute atomic E-state index is 2.62. The van der Waals surface area contributed by atoms with E-state index >= 15 is 0 Å². The first kappa shape index (κ1) is 27.1. The molecule has 0 nitrogen and oxygen atoms in total. The first-order chi connectivity index (χ1) is 18.6. The summed E-state index contributed by atoms with van der Waals surface area (Å²) in [4.78, 5) is 0. The SMILES string of the molecule is CC(C)(C)c1ccc2c(c1)[CH]([Zr](=[C](c1ccccc1)C1CCCC1)[CH]1C=CC=C1)c1cc(C(C)(C)C)ccc1-2. The van der Waals surface area contributed by atoms with Crippen molar-refractivity contribution in [3.8, 4) is 11.1 Å². The monoisotopic (exact) mass is 590 g/mol. The Bertz CT molecular complexity index is 1390. The van der Waals surface area contributed by atoms with Gasteiger partial charge in [-0.15, -0.1) is 0 Å². The summed E-state index contributed by atoms with van der Waals surface area (Å²) >= 11 is -2.45. The van der Waals surface area contributed by atoms with Crippen molar-refractivity contribution in [2.24, 2.45) is 5.92 Å². The van der Waals surface area contributed by atoms with Crippen LogP contribution in [0.2, 0.25) is 3.63 Å². The molecular weight excluding hydrogens is 548 g/mol. The molecule has 0 spiro atoms. The van der Waals surface area contributed by atoms with Crippen molar-refractivity contribution < 1.29 is 21.3 Å². The molecule has 6 rings (SSSR count). The van der Waals surface area contributed by atoms with E-state index in [2.05, 4.69) is 133 Å². The Morgan fingerprint density at radius 3 is 1.67 bits per heavy atom. The van der Waals surface area contributed by atoms with Crippen molar-refractivity contribution in [1.29, 1.82) is 0 Å². The summed E-state index contributed by atoms with van der Waals surface area (Å²) in [5, 5.41) is 0. The first-order valence-electron chi connectivity index (χ1n) is 15.1. The van der Waals surface area contributed by atoms with Crippen LogP contribution in [-0.4, -0.2) is 3.21 Å². The fourth-order valence-electron chi connectivity index (χ4n) is 7.17. The summed E-state index contributed by atoms with van der Waals surface area (Å²) in [5.41, 5.74) is 11.0. The summed E-state index contributed by atoms with van der Waals surface area (Å²) in [6, 6.07) is 26.6. The molecule has 0 bridgehead atoms. The van der Waals surface area contributed by atoms with Crippen LogP contribution >= 0.6 is 0 Å². The Kier molecular flexibility index (Phi) is 7.21. The fourth-order valence-corrected chi connectivity index (χ4v) is 17.2. The number of allylic oxidation sites excluding steroid dienone is 4. The number of rotatable bonds is 4. The average Bonchev–Trinajstić information content (AvgIpc) is 3.67. The van der Waals surface area contributed by atoms with Gasteiger partial charge in [0, 0.05) is 0 Å². The number of hydrogen-bond donors (Lipinski definition) is 0. The third kappa shape index (κ3) is 5.10. The van der Waals surface area contributed by atoms with Crippen molar-refractivity contribution in [1.82, 2.24) is 0 Å². The van der Waals surface area contributed by atoms with E-state index in [-0.39, 0.29) is 10.8 Å². The Labute approximate surface area is 244 Å². The van der Waals surface area contributed by atoms with Gasteiger partial charge < -0.3 is 0 Å². The normalized spacial score (nSPS) is 18.5. The van der Waals surface area contributed by atoms with Crippen LogP contribution in [0.15, 0.2) is 91.0 Å². The van der Waals surface area contributed by atoms with Gasteiger partial charge in [-0.25, -0.2) is 0 Å². The Morgan fingerprint density at radius 1 is 0.667 bits per heavy atom. The topological polar surface area (TPSA) is 0 Å². The molecule has 0 N–H and O–H groups in total. The van der Waals surface area contributed by atoms with Gasteiger partial charge in [0.2, 0.25) is 0 Å². The summed E-state index contributed by atoms with van der Waals surface area (Å²) in [5.74, 6) is 0.744. The van der Waals surface area contributed by atoms with Gasteiger partial charge in [-0.05, 0) is 0 Å². The quantitative estimate of drug-likeness (QED) is 0.283. The Hall–Kier alpha value is -2.11. The second-order valence-electron chi connectivity index (χ2n) is 14.0. The standard InChI is InChI=1S/C21H25.C12H14.C5H5.Zr/c1-20(2,3)16-7-9-18-14(12-16)11-15-13-17(21(4,5)6)8-10-19(15)18;1-2-6-11(7-3-1)10-12-8-4-5-9-12;1-2-4-5-3-1;/h7-13H,1-6H3;1-3,6-7,12H,4-5,8-9H2;1-5H;. The molecule has 0 unspecified atom stereocenters. The molecule has 3 aromatic carbocycles. The van der Waals surface area contributed by atoms with Crippen molar-refractivity contribution >= 4 is 3.21 Å². The van der Waals surface area contributed by atoms with Crippen LogP contribution in [0.4, 0.5) is 0 Å². The molecular formula is C38H44Zr. The van der Waals surface area contributed by atoms with Crippen LogP contribution in [0.1, 0.15) is 98.7 Å². The molecule has 39 heavy (non-hydrogen) atoms. The summed E-state index contributed by atoms with van der Waals surface area (Å²) in [7, 11) is 0. The fraction of sp³-hybridized carbons (Fsp3) is 0.395. The molecule has 0 amide bonds. The van der Waals surface area contributed by atoms with Gasteiger partial charge in [-0.1, -0.05) is 0 Å². The molecule has 1 fully saturated rings. The molecule has 0 aliphatic heterocycles. The maximum atomic E-state index is 2.62. The molecule has 1 heteroatoms. The van der Waals surface area contributed by atoms with Crippen LogP contribution in [0.5, 0.6) is 0 Å². The summed E-state index contributed by atoms with van der Waals surface area (Å²) < 4.78 is 3.03. The van der Waals surface area contributed by atoms with Gasteiger partial charge in [0.1, 0.15) is 0 Å². The van der Waals surface area contributed by atoms with E-state index in [4.69, 9.17) is 0 Å². The molecule has 0 saturated heterocycles. The number of fused-ring (bicyclic) bond motifs is 3. The van der Waals surface area contributed by atoms with Crippen LogP contribution < -0.4 is 0 Å². The van der Waals surface area contributed by atoms with Crippen LogP contribution in [-0.2, 0) is 32.1 Å². The van der Waals surface area contributed by atoms with Gasteiger partial charge in [-0.2, -0.15) is 0 Å². The second kappa shape index (κ2) is 10.4. The Balaban J connectivity index is 1.69. The van der Waals surface area contributed by atoms with E-state index in [1.807, 2.05) is 3.21 Å². The van der Waals surface area contributed by atoms with Gasteiger partial charge >= 0.3 is 246 Å².